The van der Waals surface area contributed by atoms with Crippen LogP contribution in [0, 0.1) is 6.92 Å². The van der Waals surface area contributed by atoms with Gasteiger partial charge < -0.3 is 9.73 Å². The number of aryl methyl sites for hydroxylation is 1. The minimum Gasteiger partial charge on any atom is -0.440 e. The first-order valence-electron chi connectivity index (χ1n) is 4.72. The molecule has 5 heteroatoms. The van der Waals surface area contributed by atoms with E-state index in [0.717, 1.165) is 5.56 Å². The second-order valence-corrected chi connectivity index (χ2v) is 4.48. The molecule has 0 unspecified atom stereocenters. The summed E-state index contributed by atoms with van der Waals surface area (Å²) in [7, 11) is 0. The Morgan fingerprint density at radius 3 is 2.88 bits per heavy atom. The third kappa shape index (κ3) is 2.46. The van der Waals surface area contributed by atoms with Gasteiger partial charge in [0.15, 0.2) is 11.0 Å². The maximum absolute atomic E-state index is 11.6. The maximum atomic E-state index is 11.6. The molecule has 2 aromatic rings. The minimum atomic E-state index is -0.252. The highest BCUT2D eigenvalue weighted by molar-refractivity contribution is 7.08. The van der Waals surface area contributed by atoms with E-state index in [1.165, 1.54) is 5.56 Å². The minimum absolute atomic E-state index is 0.219. The Morgan fingerprint density at radius 1 is 1.50 bits per heavy atom. The Balaban J connectivity index is 1.96. The maximum Gasteiger partial charge on any atom is 0.287 e. The number of halogens is 1. The SMILES string of the molecule is Cc1cscc1CNC(=O)c1ccc(Cl)o1. The number of furan rings is 1. The summed E-state index contributed by atoms with van der Waals surface area (Å²) in [6.07, 6.45) is 0. The molecule has 0 bridgehead atoms. The van der Waals surface area contributed by atoms with Crippen molar-refractivity contribution in [3.63, 3.8) is 0 Å². The van der Waals surface area contributed by atoms with E-state index in [1.807, 2.05) is 17.7 Å². The molecule has 1 N–H and O–H groups in total. The number of amides is 1. The van der Waals surface area contributed by atoms with E-state index in [0.29, 0.717) is 6.54 Å². The highest BCUT2D eigenvalue weighted by atomic mass is 35.5. The highest BCUT2D eigenvalue weighted by Crippen LogP contribution is 2.15. The lowest BCUT2D eigenvalue weighted by atomic mass is 10.2. The fraction of sp³-hybridized carbons (Fsp3) is 0.182. The molecule has 2 heterocycles. The van der Waals surface area contributed by atoms with Crippen LogP contribution in [0.4, 0.5) is 0 Å². The van der Waals surface area contributed by atoms with Crippen LogP contribution < -0.4 is 5.32 Å². The molecular weight excluding hydrogens is 246 g/mol. The number of thiophene rings is 1. The van der Waals surface area contributed by atoms with E-state index >= 15 is 0 Å². The zero-order chi connectivity index (χ0) is 11.5. The number of rotatable bonds is 3. The van der Waals surface area contributed by atoms with Crippen molar-refractivity contribution >= 4 is 28.8 Å². The molecule has 0 aliphatic heterocycles. The molecule has 0 atom stereocenters. The smallest absolute Gasteiger partial charge is 0.287 e. The van der Waals surface area contributed by atoms with Gasteiger partial charge in [-0.1, -0.05) is 0 Å². The average molecular weight is 256 g/mol. The molecule has 84 valence electrons. The Bertz CT molecular complexity index is 504. The predicted octanol–water partition coefficient (Wildman–Crippen LogP) is 3.23. The van der Waals surface area contributed by atoms with Crippen molar-refractivity contribution in [3.8, 4) is 0 Å². The lowest BCUT2D eigenvalue weighted by Gasteiger charge is -2.02. The van der Waals surface area contributed by atoms with Gasteiger partial charge >= 0.3 is 0 Å². The number of hydrogen-bond donors (Lipinski definition) is 1. The molecule has 0 radical (unpaired) electrons. The molecule has 1 amide bonds. The van der Waals surface area contributed by atoms with Crippen LogP contribution in [0.2, 0.25) is 5.22 Å². The Morgan fingerprint density at radius 2 is 2.31 bits per heavy atom. The van der Waals surface area contributed by atoms with Gasteiger partial charge in [0, 0.05) is 6.54 Å². The third-order valence-electron chi connectivity index (χ3n) is 2.20. The first-order valence-corrected chi connectivity index (χ1v) is 6.04. The van der Waals surface area contributed by atoms with E-state index in [-0.39, 0.29) is 16.9 Å². The first kappa shape index (κ1) is 11.2. The topological polar surface area (TPSA) is 42.2 Å². The zero-order valence-corrected chi connectivity index (χ0v) is 10.2. The largest absolute Gasteiger partial charge is 0.440 e. The molecule has 0 spiro atoms. The fourth-order valence-corrected chi connectivity index (χ4v) is 2.27. The summed E-state index contributed by atoms with van der Waals surface area (Å²) in [5.41, 5.74) is 2.30. The van der Waals surface area contributed by atoms with Gasteiger partial charge in [-0.2, -0.15) is 11.3 Å². The lowest BCUT2D eigenvalue weighted by molar-refractivity contribution is 0.0923. The molecule has 16 heavy (non-hydrogen) atoms. The normalized spacial score (nSPS) is 10.4. The van der Waals surface area contributed by atoms with Crippen LogP contribution in [0.25, 0.3) is 0 Å². The number of carbonyl (C=O) groups excluding carboxylic acids is 1. The Hall–Kier alpha value is -1.26. The Kier molecular flexibility index (Phi) is 3.31. The van der Waals surface area contributed by atoms with Crippen LogP contribution >= 0.6 is 22.9 Å². The van der Waals surface area contributed by atoms with Gasteiger partial charge in [0.1, 0.15) is 0 Å². The van der Waals surface area contributed by atoms with Gasteiger partial charge in [0.05, 0.1) is 0 Å². The highest BCUT2D eigenvalue weighted by Gasteiger charge is 2.10. The molecule has 0 aliphatic carbocycles. The first-order chi connectivity index (χ1) is 7.66. The van der Waals surface area contributed by atoms with E-state index in [1.54, 1.807) is 23.5 Å². The van der Waals surface area contributed by atoms with Gasteiger partial charge in [-0.3, -0.25) is 4.79 Å². The zero-order valence-electron chi connectivity index (χ0n) is 8.62. The summed E-state index contributed by atoms with van der Waals surface area (Å²) in [4.78, 5) is 11.6. The molecule has 0 aliphatic rings. The van der Waals surface area contributed by atoms with Gasteiger partial charge in [0.25, 0.3) is 5.91 Å². The standard InChI is InChI=1S/C11H10ClNO2S/c1-7-5-16-6-8(7)4-13-11(14)9-2-3-10(12)15-9/h2-3,5-6H,4H2,1H3,(H,13,14). The van der Waals surface area contributed by atoms with Crippen LogP contribution in [0.1, 0.15) is 21.7 Å². The van der Waals surface area contributed by atoms with E-state index in [2.05, 4.69) is 5.32 Å². The van der Waals surface area contributed by atoms with Crippen LogP contribution in [0.15, 0.2) is 27.3 Å². The van der Waals surface area contributed by atoms with Crippen molar-refractivity contribution in [2.24, 2.45) is 0 Å². The number of nitrogens with one attached hydrogen (secondary N) is 1. The van der Waals surface area contributed by atoms with Gasteiger partial charge in [-0.25, -0.2) is 0 Å². The van der Waals surface area contributed by atoms with Crippen molar-refractivity contribution < 1.29 is 9.21 Å². The third-order valence-corrected chi connectivity index (χ3v) is 3.31. The van der Waals surface area contributed by atoms with Crippen molar-refractivity contribution in [2.45, 2.75) is 13.5 Å². The average Bonchev–Trinajstić information content (AvgIpc) is 2.84. The molecular formula is C11H10ClNO2S. The summed E-state index contributed by atoms with van der Waals surface area (Å²) in [5, 5.41) is 7.06. The molecule has 2 aromatic heterocycles. The van der Waals surface area contributed by atoms with Crippen LogP contribution in [-0.4, -0.2) is 5.91 Å². The summed E-state index contributed by atoms with van der Waals surface area (Å²) in [6.45, 7) is 2.52. The van der Waals surface area contributed by atoms with Crippen LogP contribution in [-0.2, 0) is 6.54 Å². The summed E-state index contributed by atoms with van der Waals surface area (Å²) < 4.78 is 5.00. The molecule has 2 rings (SSSR count). The van der Waals surface area contributed by atoms with Crippen molar-refractivity contribution in [1.82, 2.24) is 5.32 Å². The van der Waals surface area contributed by atoms with Gasteiger partial charge in [-0.15, -0.1) is 0 Å². The predicted molar refractivity (Wildman–Crippen MR) is 63.9 cm³/mol. The van der Waals surface area contributed by atoms with Gasteiger partial charge in [-0.05, 0) is 52.5 Å². The summed E-state index contributed by atoms with van der Waals surface area (Å²) in [6, 6.07) is 3.10. The number of carbonyl (C=O) groups is 1. The second-order valence-electron chi connectivity index (χ2n) is 3.37. The van der Waals surface area contributed by atoms with Crippen molar-refractivity contribution in [2.75, 3.05) is 0 Å². The molecule has 0 aromatic carbocycles. The van der Waals surface area contributed by atoms with Gasteiger partial charge in [0.2, 0.25) is 0 Å². The monoisotopic (exact) mass is 255 g/mol. The van der Waals surface area contributed by atoms with Crippen LogP contribution in [0.5, 0.6) is 0 Å². The van der Waals surface area contributed by atoms with E-state index in [9.17, 15) is 4.79 Å². The quantitative estimate of drug-likeness (QED) is 0.915. The molecule has 0 saturated heterocycles. The van der Waals surface area contributed by atoms with Crippen molar-refractivity contribution in [1.29, 1.82) is 0 Å². The lowest BCUT2D eigenvalue weighted by Crippen LogP contribution is -2.22. The second kappa shape index (κ2) is 4.72. The summed E-state index contributed by atoms with van der Waals surface area (Å²) >= 11 is 7.21. The van der Waals surface area contributed by atoms with E-state index < -0.39 is 0 Å². The van der Waals surface area contributed by atoms with E-state index in [4.69, 9.17) is 16.0 Å². The molecule has 0 saturated carbocycles. The molecule has 0 fully saturated rings. The van der Waals surface area contributed by atoms with Crippen molar-refractivity contribution in [3.05, 3.63) is 45.0 Å². The fourth-order valence-electron chi connectivity index (χ4n) is 1.27. The van der Waals surface area contributed by atoms with Crippen LogP contribution in [0.3, 0.4) is 0 Å². The Labute approximate surface area is 102 Å². The summed E-state index contributed by atoms with van der Waals surface area (Å²) in [5.74, 6) is -0.0182. The molecule has 3 nitrogen and oxygen atoms in total. The number of hydrogen-bond acceptors (Lipinski definition) is 3.